The minimum absolute atomic E-state index is 0.108. The van der Waals surface area contributed by atoms with Crippen molar-refractivity contribution < 1.29 is 18.8 Å². The van der Waals surface area contributed by atoms with Gasteiger partial charge >= 0.3 is 0 Å². The molecule has 3 rings (SSSR count). The number of nitrogens with one attached hydrogen (secondary N) is 1. The Kier molecular flexibility index (Phi) is 6.95. The topological polar surface area (TPSA) is 86.5 Å². The van der Waals surface area contributed by atoms with Gasteiger partial charge in [0.1, 0.15) is 0 Å². The van der Waals surface area contributed by atoms with Crippen molar-refractivity contribution in [1.82, 2.24) is 15.5 Å². The average molecular weight is 430 g/mol. The molecule has 0 radical (unpaired) electrons. The Balaban J connectivity index is 1.59. The number of benzene rings is 2. The summed E-state index contributed by atoms with van der Waals surface area (Å²) in [5.41, 5.74) is 2.77. The molecule has 1 aromatic heterocycles. The second-order valence-electron chi connectivity index (χ2n) is 6.87. The van der Waals surface area contributed by atoms with Crippen LogP contribution < -0.4 is 14.8 Å². The second kappa shape index (κ2) is 9.63. The molecule has 0 fully saturated rings. The van der Waals surface area contributed by atoms with Crippen LogP contribution in [0.3, 0.4) is 0 Å². The van der Waals surface area contributed by atoms with Gasteiger partial charge in [-0.25, -0.2) is 0 Å². The van der Waals surface area contributed by atoms with Crippen LogP contribution in [0.2, 0.25) is 5.02 Å². The molecule has 3 aromatic rings. The Bertz CT molecular complexity index is 1020. The second-order valence-corrected chi connectivity index (χ2v) is 7.31. The molecule has 1 unspecified atom stereocenters. The van der Waals surface area contributed by atoms with E-state index in [-0.39, 0.29) is 18.4 Å². The predicted octanol–water partition coefficient (Wildman–Crippen LogP) is 4.53. The zero-order valence-corrected chi connectivity index (χ0v) is 18.1. The van der Waals surface area contributed by atoms with Gasteiger partial charge in [-0.3, -0.25) is 4.79 Å². The standard InChI is InChI=1S/C22H24ClN3O4/c1-13-11-18(28-3)19(29-4)12-17(13)14(2)24-20(27)9-10-21-25-22(26-30-21)15-5-7-16(23)8-6-15/h5-8,11-12,14H,9-10H2,1-4H3,(H,24,27). The van der Waals surface area contributed by atoms with Gasteiger partial charge < -0.3 is 19.3 Å². The SMILES string of the molecule is COc1cc(C)c(C(C)NC(=O)CCc2nc(-c3ccc(Cl)cc3)no2)cc1OC. The first-order valence-corrected chi connectivity index (χ1v) is 9.89. The lowest BCUT2D eigenvalue weighted by molar-refractivity contribution is -0.121. The number of carbonyl (C=O) groups excluding carboxylic acids is 1. The van der Waals surface area contributed by atoms with Gasteiger partial charge in [-0.05, 0) is 61.4 Å². The number of aromatic nitrogens is 2. The van der Waals surface area contributed by atoms with Gasteiger partial charge in [0.05, 0.1) is 20.3 Å². The lowest BCUT2D eigenvalue weighted by Crippen LogP contribution is -2.27. The average Bonchev–Trinajstić information content (AvgIpc) is 3.21. The molecule has 0 aliphatic rings. The summed E-state index contributed by atoms with van der Waals surface area (Å²) >= 11 is 5.89. The number of carbonyl (C=O) groups is 1. The van der Waals surface area contributed by atoms with Crippen molar-refractivity contribution in [2.75, 3.05) is 14.2 Å². The molecule has 1 amide bonds. The van der Waals surface area contributed by atoms with Crippen molar-refractivity contribution in [2.24, 2.45) is 0 Å². The fourth-order valence-electron chi connectivity index (χ4n) is 3.15. The quantitative estimate of drug-likeness (QED) is 0.566. The van der Waals surface area contributed by atoms with Crippen LogP contribution in [-0.4, -0.2) is 30.3 Å². The van der Waals surface area contributed by atoms with Crippen molar-refractivity contribution in [3.05, 3.63) is 58.4 Å². The Morgan fingerprint density at radius 2 is 1.83 bits per heavy atom. The molecule has 0 bridgehead atoms. The van der Waals surface area contributed by atoms with Gasteiger partial charge in [-0.2, -0.15) is 4.98 Å². The van der Waals surface area contributed by atoms with Crippen LogP contribution in [0.25, 0.3) is 11.4 Å². The zero-order valence-electron chi connectivity index (χ0n) is 17.4. The largest absolute Gasteiger partial charge is 0.493 e. The Morgan fingerprint density at radius 3 is 2.50 bits per heavy atom. The predicted molar refractivity (Wildman–Crippen MR) is 114 cm³/mol. The van der Waals surface area contributed by atoms with Crippen molar-refractivity contribution in [1.29, 1.82) is 0 Å². The molecule has 0 spiro atoms. The van der Waals surface area contributed by atoms with E-state index in [9.17, 15) is 4.79 Å². The third-order valence-corrected chi connectivity index (χ3v) is 5.00. The van der Waals surface area contributed by atoms with Gasteiger partial charge in [0.25, 0.3) is 0 Å². The molecule has 7 nitrogen and oxygen atoms in total. The molecule has 30 heavy (non-hydrogen) atoms. The van der Waals surface area contributed by atoms with E-state index in [4.69, 9.17) is 25.6 Å². The highest BCUT2D eigenvalue weighted by Gasteiger charge is 2.17. The molecule has 0 saturated heterocycles. The molecule has 8 heteroatoms. The number of ether oxygens (including phenoxy) is 2. The molecule has 1 heterocycles. The summed E-state index contributed by atoms with van der Waals surface area (Å²) in [5, 5.41) is 7.60. The molecule has 1 atom stereocenters. The number of hydrogen-bond acceptors (Lipinski definition) is 6. The Labute approximate surface area is 180 Å². The molecule has 2 aromatic carbocycles. The van der Waals surface area contributed by atoms with Gasteiger partial charge in [-0.15, -0.1) is 0 Å². The highest BCUT2D eigenvalue weighted by molar-refractivity contribution is 6.30. The molecule has 1 N–H and O–H groups in total. The van der Waals surface area contributed by atoms with E-state index in [2.05, 4.69) is 15.5 Å². The summed E-state index contributed by atoms with van der Waals surface area (Å²) in [7, 11) is 3.18. The summed E-state index contributed by atoms with van der Waals surface area (Å²) in [6.45, 7) is 3.90. The summed E-state index contributed by atoms with van der Waals surface area (Å²) in [6.07, 6.45) is 0.586. The van der Waals surface area contributed by atoms with Gasteiger partial charge in [0, 0.05) is 23.4 Å². The van der Waals surface area contributed by atoms with E-state index in [1.807, 2.05) is 38.1 Å². The summed E-state index contributed by atoms with van der Waals surface area (Å²) in [6, 6.07) is 10.7. The van der Waals surface area contributed by atoms with E-state index < -0.39 is 0 Å². The first-order valence-electron chi connectivity index (χ1n) is 9.51. The lowest BCUT2D eigenvalue weighted by Gasteiger charge is -2.19. The van der Waals surface area contributed by atoms with E-state index in [1.165, 1.54) is 0 Å². The van der Waals surface area contributed by atoms with Crippen LogP contribution >= 0.6 is 11.6 Å². The Hall–Kier alpha value is -3.06. The highest BCUT2D eigenvalue weighted by Crippen LogP contribution is 2.32. The number of halogens is 1. The van der Waals surface area contributed by atoms with E-state index >= 15 is 0 Å². The first-order chi connectivity index (χ1) is 14.4. The maximum atomic E-state index is 12.4. The molecule has 0 aliphatic heterocycles. The molecular formula is C22H24ClN3O4. The maximum absolute atomic E-state index is 12.4. The van der Waals surface area contributed by atoms with E-state index in [0.717, 1.165) is 16.7 Å². The third-order valence-electron chi connectivity index (χ3n) is 4.75. The van der Waals surface area contributed by atoms with Gasteiger partial charge in [0.2, 0.25) is 17.6 Å². The summed E-state index contributed by atoms with van der Waals surface area (Å²) < 4.78 is 15.9. The minimum Gasteiger partial charge on any atom is -0.493 e. The van der Waals surface area contributed by atoms with Crippen molar-refractivity contribution in [3.8, 4) is 22.9 Å². The fraction of sp³-hybridized carbons (Fsp3) is 0.318. The van der Waals surface area contributed by atoms with E-state index in [0.29, 0.717) is 34.7 Å². The number of hydrogen-bond donors (Lipinski definition) is 1. The zero-order chi connectivity index (χ0) is 21.7. The van der Waals surface area contributed by atoms with Crippen LogP contribution in [0, 0.1) is 6.92 Å². The Morgan fingerprint density at radius 1 is 1.17 bits per heavy atom. The molecule has 158 valence electrons. The van der Waals surface area contributed by atoms with E-state index in [1.54, 1.807) is 26.4 Å². The summed E-state index contributed by atoms with van der Waals surface area (Å²) in [4.78, 5) is 16.8. The van der Waals surface area contributed by atoms with Crippen molar-refractivity contribution in [2.45, 2.75) is 32.7 Å². The van der Waals surface area contributed by atoms with Crippen LogP contribution in [0.5, 0.6) is 11.5 Å². The normalized spacial score (nSPS) is 11.8. The number of nitrogens with zero attached hydrogens (tertiary/aromatic N) is 2. The van der Waals surface area contributed by atoms with Crippen LogP contribution in [-0.2, 0) is 11.2 Å². The maximum Gasteiger partial charge on any atom is 0.227 e. The van der Waals surface area contributed by atoms with Crippen LogP contribution in [0.4, 0.5) is 0 Å². The lowest BCUT2D eigenvalue weighted by atomic mass is 10.0. The highest BCUT2D eigenvalue weighted by atomic mass is 35.5. The molecule has 0 saturated carbocycles. The number of rotatable bonds is 8. The monoisotopic (exact) mass is 429 g/mol. The number of amides is 1. The first kappa shape index (κ1) is 21.6. The van der Waals surface area contributed by atoms with Crippen LogP contribution in [0.15, 0.2) is 40.9 Å². The number of methoxy groups -OCH3 is 2. The van der Waals surface area contributed by atoms with Gasteiger partial charge in [-0.1, -0.05) is 16.8 Å². The summed E-state index contributed by atoms with van der Waals surface area (Å²) in [5.74, 6) is 2.05. The van der Waals surface area contributed by atoms with Crippen molar-refractivity contribution in [3.63, 3.8) is 0 Å². The van der Waals surface area contributed by atoms with Gasteiger partial charge in [0.15, 0.2) is 11.5 Å². The smallest absolute Gasteiger partial charge is 0.227 e. The van der Waals surface area contributed by atoms with Crippen LogP contribution in [0.1, 0.15) is 36.4 Å². The third kappa shape index (κ3) is 5.10. The van der Waals surface area contributed by atoms with Crippen molar-refractivity contribution >= 4 is 17.5 Å². The molecular weight excluding hydrogens is 406 g/mol. The minimum atomic E-state index is -0.190. The number of aryl methyl sites for hydroxylation is 2. The molecule has 0 aliphatic carbocycles. The fourth-order valence-corrected chi connectivity index (χ4v) is 3.27.